The monoisotopic (exact) mass is 549 g/mol. The van der Waals surface area contributed by atoms with Crippen molar-refractivity contribution in [2.45, 2.75) is 19.4 Å². The second-order valence-electron chi connectivity index (χ2n) is 10.6. The number of nitrogens with one attached hydrogen (secondary N) is 1. The average molecular weight is 550 g/mol. The predicted molar refractivity (Wildman–Crippen MR) is 165 cm³/mol. The zero-order valence-electron chi connectivity index (χ0n) is 23.9. The first-order chi connectivity index (χ1) is 19.9. The van der Waals surface area contributed by atoms with E-state index in [9.17, 15) is 0 Å². The highest BCUT2D eigenvalue weighted by atomic mass is 16.5. The first kappa shape index (κ1) is 26.5. The minimum atomic E-state index is 0.429. The molecule has 4 heterocycles. The Morgan fingerprint density at radius 3 is 2.63 bits per heavy atom. The van der Waals surface area contributed by atoms with Crippen molar-refractivity contribution in [1.29, 1.82) is 0 Å². The van der Waals surface area contributed by atoms with Gasteiger partial charge in [-0.1, -0.05) is 18.2 Å². The molecular weight excluding hydrogens is 514 g/mol. The second-order valence-corrected chi connectivity index (χ2v) is 10.6. The number of aromatic nitrogens is 5. The van der Waals surface area contributed by atoms with Gasteiger partial charge in [0.1, 0.15) is 5.75 Å². The molecule has 3 N–H and O–H groups in total. The van der Waals surface area contributed by atoms with E-state index < -0.39 is 0 Å². The van der Waals surface area contributed by atoms with E-state index >= 15 is 0 Å². The molecule has 1 aliphatic heterocycles. The number of nitrogen functional groups attached to an aromatic ring is 1. The minimum absolute atomic E-state index is 0.429. The van der Waals surface area contributed by atoms with Crippen molar-refractivity contribution in [1.82, 2.24) is 29.4 Å². The van der Waals surface area contributed by atoms with Crippen molar-refractivity contribution in [3.8, 4) is 28.4 Å². The molecule has 0 fully saturated rings. The lowest BCUT2D eigenvalue weighted by atomic mass is 10.0. The minimum Gasteiger partial charge on any atom is -0.494 e. The fourth-order valence-electron chi connectivity index (χ4n) is 5.47. The maximum Gasteiger partial charge on any atom is 0.227 e. The largest absolute Gasteiger partial charge is 0.494 e. The summed E-state index contributed by atoms with van der Waals surface area (Å²) in [6.07, 6.45) is 9.65. The number of hydrogen-bond donors (Lipinski definition) is 2. The molecule has 6 rings (SSSR count). The lowest BCUT2D eigenvalue weighted by molar-refractivity contribution is 0.413. The molecule has 0 radical (unpaired) electrons. The van der Waals surface area contributed by atoms with Gasteiger partial charge >= 0.3 is 0 Å². The standard InChI is InChI=1S/C31H35N9O/c1-38(2)14-15-39(3)26-17-27(41-4)25(16-24(26)32)36-31-35-18-22(30-33-11-7-12-34-30)28(37-31)23-19-40-13-6-9-20-8-5-10-21(23)29(20)40/h5,7-8,10-12,16-19H,6,9,13-15,32H2,1-4H3,(H,35,36,37). The van der Waals surface area contributed by atoms with Crippen LogP contribution in [0.2, 0.25) is 0 Å². The highest BCUT2D eigenvalue weighted by Crippen LogP contribution is 2.40. The number of ether oxygens (including phenoxy) is 1. The maximum atomic E-state index is 6.52. The molecule has 0 amide bonds. The van der Waals surface area contributed by atoms with E-state index in [1.165, 1.54) is 11.1 Å². The Labute approximate surface area is 239 Å². The number of para-hydroxylation sites is 1. The van der Waals surface area contributed by atoms with E-state index in [2.05, 4.69) is 73.1 Å². The van der Waals surface area contributed by atoms with E-state index in [0.717, 1.165) is 60.4 Å². The Morgan fingerprint density at radius 1 is 1.02 bits per heavy atom. The molecule has 0 unspecified atom stereocenters. The number of nitrogens with zero attached hydrogens (tertiary/aromatic N) is 7. The van der Waals surface area contributed by atoms with Crippen molar-refractivity contribution >= 4 is 33.9 Å². The van der Waals surface area contributed by atoms with E-state index in [4.69, 9.17) is 15.5 Å². The topological polar surface area (TPSA) is 110 Å². The van der Waals surface area contributed by atoms with Gasteiger partial charge in [-0.3, -0.25) is 0 Å². The molecule has 10 heteroatoms. The zero-order chi connectivity index (χ0) is 28.5. The van der Waals surface area contributed by atoms with Crippen LogP contribution < -0.4 is 20.7 Å². The Morgan fingerprint density at radius 2 is 1.85 bits per heavy atom. The quantitative estimate of drug-likeness (QED) is 0.250. The molecule has 0 aliphatic carbocycles. The third kappa shape index (κ3) is 5.14. The summed E-state index contributed by atoms with van der Waals surface area (Å²) in [7, 11) is 7.79. The van der Waals surface area contributed by atoms with Crippen molar-refractivity contribution < 1.29 is 4.74 Å². The summed E-state index contributed by atoms with van der Waals surface area (Å²) in [6, 6.07) is 12.1. The van der Waals surface area contributed by atoms with Crippen LogP contribution in [0, 0.1) is 0 Å². The number of aryl methyl sites for hydroxylation is 2. The number of benzene rings is 2. The molecule has 0 bridgehead atoms. The smallest absolute Gasteiger partial charge is 0.227 e. The predicted octanol–water partition coefficient (Wildman–Crippen LogP) is 4.83. The molecule has 0 saturated heterocycles. The van der Waals surface area contributed by atoms with Gasteiger partial charge in [0.05, 0.1) is 40.9 Å². The molecule has 210 valence electrons. The Balaban J connectivity index is 1.43. The van der Waals surface area contributed by atoms with Crippen molar-refractivity contribution in [2.24, 2.45) is 0 Å². The van der Waals surface area contributed by atoms with E-state index in [-0.39, 0.29) is 0 Å². The fraction of sp³-hybridized carbons (Fsp3) is 0.290. The molecule has 10 nitrogen and oxygen atoms in total. The summed E-state index contributed by atoms with van der Waals surface area (Å²) in [5.74, 6) is 1.66. The number of rotatable bonds is 9. The van der Waals surface area contributed by atoms with Crippen LogP contribution in [0.25, 0.3) is 33.5 Å². The van der Waals surface area contributed by atoms with Crippen LogP contribution in [0.3, 0.4) is 0 Å². The number of methoxy groups -OCH3 is 1. The Bertz CT molecular complexity index is 1700. The molecule has 2 aromatic carbocycles. The molecular formula is C31H35N9O. The van der Waals surface area contributed by atoms with Crippen molar-refractivity contribution in [3.05, 3.63) is 66.7 Å². The van der Waals surface area contributed by atoms with Gasteiger partial charge in [0, 0.05) is 68.5 Å². The van der Waals surface area contributed by atoms with Gasteiger partial charge in [0.15, 0.2) is 5.82 Å². The number of nitrogens with two attached hydrogens (primary N) is 1. The SMILES string of the molecule is COc1cc(N(C)CCN(C)C)c(N)cc1Nc1ncc(-c2ncccn2)c(-c2cn3c4c(cccc24)CCC3)n1. The molecule has 3 aromatic heterocycles. The summed E-state index contributed by atoms with van der Waals surface area (Å²) in [5, 5.41) is 4.52. The highest BCUT2D eigenvalue weighted by molar-refractivity contribution is 6.00. The number of hydrogen-bond acceptors (Lipinski definition) is 9. The maximum absolute atomic E-state index is 6.52. The molecule has 41 heavy (non-hydrogen) atoms. The first-order valence-corrected chi connectivity index (χ1v) is 13.8. The zero-order valence-corrected chi connectivity index (χ0v) is 23.9. The second kappa shape index (κ2) is 11.1. The molecule has 5 aromatic rings. The lowest BCUT2D eigenvalue weighted by Crippen LogP contribution is -2.29. The van der Waals surface area contributed by atoms with Gasteiger partial charge in [-0.05, 0) is 44.6 Å². The average Bonchev–Trinajstić information content (AvgIpc) is 3.37. The van der Waals surface area contributed by atoms with Gasteiger partial charge in [-0.15, -0.1) is 0 Å². The van der Waals surface area contributed by atoms with Gasteiger partial charge in [-0.2, -0.15) is 0 Å². The van der Waals surface area contributed by atoms with Crippen LogP contribution in [-0.2, 0) is 13.0 Å². The van der Waals surface area contributed by atoms with Crippen molar-refractivity contribution in [2.75, 3.05) is 57.3 Å². The van der Waals surface area contributed by atoms with Gasteiger partial charge in [-0.25, -0.2) is 19.9 Å². The Kier molecular flexibility index (Phi) is 7.15. The fourth-order valence-corrected chi connectivity index (χ4v) is 5.47. The van der Waals surface area contributed by atoms with Gasteiger partial charge < -0.3 is 30.2 Å². The van der Waals surface area contributed by atoms with E-state index in [1.54, 1.807) is 31.8 Å². The molecule has 1 aliphatic rings. The van der Waals surface area contributed by atoms with Crippen LogP contribution in [0.1, 0.15) is 12.0 Å². The third-order valence-electron chi connectivity index (χ3n) is 7.57. The first-order valence-electron chi connectivity index (χ1n) is 13.8. The molecule has 0 spiro atoms. The van der Waals surface area contributed by atoms with Crippen LogP contribution in [0.4, 0.5) is 23.0 Å². The van der Waals surface area contributed by atoms with Gasteiger partial charge in [0.25, 0.3) is 0 Å². The third-order valence-corrected chi connectivity index (χ3v) is 7.57. The normalized spacial score (nSPS) is 12.6. The summed E-state index contributed by atoms with van der Waals surface area (Å²) >= 11 is 0. The van der Waals surface area contributed by atoms with Crippen LogP contribution >= 0.6 is 0 Å². The number of likely N-dealkylation sites (N-methyl/N-ethyl adjacent to an activating group) is 2. The van der Waals surface area contributed by atoms with E-state index in [0.29, 0.717) is 28.9 Å². The summed E-state index contributed by atoms with van der Waals surface area (Å²) in [5.41, 5.74) is 13.9. The lowest BCUT2D eigenvalue weighted by Gasteiger charge is -2.24. The summed E-state index contributed by atoms with van der Waals surface area (Å²) in [6.45, 7) is 2.72. The highest BCUT2D eigenvalue weighted by Gasteiger charge is 2.22. The van der Waals surface area contributed by atoms with E-state index in [1.807, 2.05) is 19.2 Å². The Hall–Kier alpha value is -4.70. The van der Waals surface area contributed by atoms with Gasteiger partial charge in [0.2, 0.25) is 5.95 Å². The van der Waals surface area contributed by atoms with Crippen molar-refractivity contribution in [3.63, 3.8) is 0 Å². The van der Waals surface area contributed by atoms with Crippen LogP contribution in [-0.4, -0.2) is 70.7 Å². The summed E-state index contributed by atoms with van der Waals surface area (Å²) < 4.78 is 8.10. The van der Waals surface area contributed by atoms with Crippen LogP contribution in [0.5, 0.6) is 5.75 Å². The van der Waals surface area contributed by atoms with Crippen LogP contribution in [0.15, 0.2) is 61.2 Å². The number of anilines is 4. The summed E-state index contributed by atoms with van der Waals surface area (Å²) in [4.78, 5) is 23.0. The molecule has 0 saturated carbocycles. The molecule has 0 atom stereocenters.